The van der Waals surface area contributed by atoms with Gasteiger partial charge in [-0.05, 0) is 51.7 Å². The van der Waals surface area contributed by atoms with Crippen LogP contribution in [-0.4, -0.2) is 11.1 Å². The van der Waals surface area contributed by atoms with E-state index >= 15 is 0 Å². The van der Waals surface area contributed by atoms with Gasteiger partial charge in [0, 0.05) is 5.69 Å². The van der Waals surface area contributed by atoms with Crippen LogP contribution in [0.15, 0.2) is 46.9 Å². The average molecular weight is 322 g/mol. The van der Waals surface area contributed by atoms with Crippen molar-refractivity contribution >= 4 is 21.6 Å². The molecule has 4 heteroatoms. The number of aliphatic hydroxyl groups excluding tert-OH is 1. The predicted octanol–water partition coefficient (Wildman–Crippen LogP) is 3.66. The number of hydrogen-bond donors (Lipinski definition) is 2. The van der Waals surface area contributed by atoms with Gasteiger partial charge in [-0.25, -0.2) is 4.39 Å². The highest BCUT2D eigenvalue weighted by molar-refractivity contribution is 9.10. The monoisotopic (exact) mass is 321 g/mol. The fourth-order valence-electron chi connectivity index (χ4n) is 2.45. The second-order valence-electron chi connectivity index (χ2n) is 4.73. The van der Waals surface area contributed by atoms with Gasteiger partial charge >= 0.3 is 0 Å². The van der Waals surface area contributed by atoms with Gasteiger partial charge < -0.3 is 10.4 Å². The highest BCUT2D eigenvalue weighted by atomic mass is 79.9. The standard InChI is InChI=1S/C15H13BrFNO/c16-11-7-10(5-6-12(11)17)15(19)14-8-9-3-1-2-4-13(9)18-14/h1-7,14-15,18-19H,8H2. The first-order valence-corrected chi connectivity index (χ1v) is 6.92. The Morgan fingerprint density at radius 1 is 1.26 bits per heavy atom. The van der Waals surface area contributed by atoms with E-state index in [0.717, 1.165) is 12.1 Å². The van der Waals surface area contributed by atoms with E-state index in [4.69, 9.17) is 0 Å². The second-order valence-corrected chi connectivity index (χ2v) is 5.58. The normalized spacial score (nSPS) is 18.8. The molecule has 1 aliphatic rings. The fraction of sp³-hybridized carbons (Fsp3) is 0.200. The molecule has 3 rings (SSSR count). The Labute approximate surface area is 119 Å². The topological polar surface area (TPSA) is 32.3 Å². The number of para-hydroxylation sites is 1. The third kappa shape index (κ3) is 2.38. The maximum Gasteiger partial charge on any atom is 0.137 e. The molecule has 0 amide bonds. The molecule has 19 heavy (non-hydrogen) atoms. The maximum atomic E-state index is 13.2. The van der Waals surface area contributed by atoms with Crippen molar-refractivity contribution < 1.29 is 9.50 Å². The molecule has 0 saturated carbocycles. The van der Waals surface area contributed by atoms with E-state index < -0.39 is 6.10 Å². The number of rotatable bonds is 2. The van der Waals surface area contributed by atoms with Gasteiger partial charge in [0.15, 0.2) is 0 Å². The summed E-state index contributed by atoms with van der Waals surface area (Å²) < 4.78 is 13.6. The Balaban J connectivity index is 1.82. The quantitative estimate of drug-likeness (QED) is 0.884. The van der Waals surface area contributed by atoms with Crippen molar-refractivity contribution in [2.45, 2.75) is 18.6 Å². The summed E-state index contributed by atoms with van der Waals surface area (Å²) in [6.45, 7) is 0. The van der Waals surface area contributed by atoms with E-state index in [1.54, 1.807) is 12.1 Å². The van der Waals surface area contributed by atoms with Crippen molar-refractivity contribution in [3.8, 4) is 0 Å². The predicted molar refractivity (Wildman–Crippen MR) is 76.6 cm³/mol. The molecule has 2 aromatic rings. The van der Waals surface area contributed by atoms with Gasteiger partial charge in [0.25, 0.3) is 0 Å². The smallest absolute Gasteiger partial charge is 0.137 e. The first-order chi connectivity index (χ1) is 9.15. The summed E-state index contributed by atoms with van der Waals surface area (Å²) >= 11 is 3.14. The molecule has 0 spiro atoms. The van der Waals surface area contributed by atoms with Crippen LogP contribution in [-0.2, 0) is 6.42 Å². The van der Waals surface area contributed by atoms with Crippen molar-refractivity contribution in [2.75, 3.05) is 5.32 Å². The summed E-state index contributed by atoms with van der Waals surface area (Å²) in [5.41, 5.74) is 2.97. The van der Waals surface area contributed by atoms with Crippen LogP contribution < -0.4 is 5.32 Å². The summed E-state index contributed by atoms with van der Waals surface area (Å²) in [6.07, 6.45) is 0.107. The first kappa shape index (κ1) is 12.6. The van der Waals surface area contributed by atoms with E-state index in [1.165, 1.54) is 11.6 Å². The maximum absolute atomic E-state index is 13.2. The first-order valence-electron chi connectivity index (χ1n) is 6.12. The van der Waals surface area contributed by atoms with Crippen molar-refractivity contribution in [2.24, 2.45) is 0 Å². The van der Waals surface area contributed by atoms with Gasteiger partial charge in [-0.15, -0.1) is 0 Å². The van der Waals surface area contributed by atoms with Gasteiger partial charge in [-0.3, -0.25) is 0 Å². The molecule has 2 nitrogen and oxygen atoms in total. The summed E-state index contributed by atoms with van der Waals surface area (Å²) in [7, 11) is 0. The van der Waals surface area contributed by atoms with E-state index in [0.29, 0.717) is 10.0 Å². The molecule has 2 atom stereocenters. The van der Waals surface area contributed by atoms with Gasteiger partial charge in [0.05, 0.1) is 16.6 Å². The Bertz CT molecular complexity index is 592. The molecular weight excluding hydrogens is 309 g/mol. The van der Waals surface area contributed by atoms with E-state index in [9.17, 15) is 9.50 Å². The molecule has 2 aromatic carbocycles. The number of nitrogens with one attached hydrogen (secondary N) is 1. The lowest BCUT2D eigenvalue weighted by Gasteiger charge is -2.19. The molecule has 0 radical (unpaired) electrons. The van der Waals surface area contributed by atoms with Crippen molar-refractivity contribution in [3.05, 3.63) is 63.9 Å². The molecule has 98 valence electrons. The van der Waals surface area contributed by atoms with Gasteiger partial charge in [0.1, 0.15) is 5.82 Å². The minimum atomic E-state index is -0.663. The molecule has 0 fully saturated rings. The zero-order valence-electron chi connectivity index (χ0n) is 10.1. The minimum Gasteiger partial charge on any atom is -0.386 e. The molecule has 0 aromatic heterocycles. The Morgan fingerprint density at radius 2 is 2.05 bits per heavy atom. The minimum absolute atomic E-state index is 0.0743. The van der Waals surface area contributed by atoms with Crippen molar-refractivity contribution in [1.29, 1.82) is 0 Å². The molecule has 2 unspecified atom stereocenters. The zero-order chi connectivity index (χ0) is 13.4. The molecule has 0 bridgehead atoms. The Hall–Kier alpha value is -1.39. The van der Waals surface area contributed by atoms with Crippen LogP contribution >= 0.6 is 15.9 Å². The van der Waals surface area contributed by atoms with E-state index in [1.807, 2.05) is 18.2 Å². The number of aliphatic hydroxyl groups is 1. The molecule has 1 heterocycles. The number of hydrogen-bond acceptors (Lipinski definition) is 2. The van der Waals surface area contributed by atoms with Crippen LogP contribution in [0.3, 0.4) is 0 Å². The molecule has 1 aliphatic heterocycles. The molecule has 0 aliphatic carbocycles. The van der Waals surface area contributed by atoms with Crippen LogP contribution in [0.5, 0.6) is 0 Å². The van der Waals surface area contributed by atoms with Crippen LogP contribution in [0.1, 0.15) is 17.2 Å². The Kier molecular flexibility index (Phi) is 3.29. The Morgan fingerprint density at radius 3 is 2.79 bits per heavy atom. The zero-order valence-corrected chi connectivity index (χ0v) is 11.7. The largest absolute Gasteiger partial charge is 0.386 e. The number of halogens is 2. The van der Waals surface area contributed by atoms with Crippen LogP contribution in [0.4, 0.5) is 10.1 Å². The van der Waals surface area contributed by atoms with Gasteiger partial charge in [-0.1, -0.05) is 24.3 Å². The summed E-state index contributed by atoms with van der Waals surface area (Å²) in [4.78, 5) is 0. The molecule has 2 N–H and O–H groups in total. The summed E-state index contributed by atoms with van der Waals surface area (Å²) in [5.74, 6) is -0.321. The number of anilines is 1. The third-order valence-corrected chi connectivity index (χ3v) is 4.07. The molecular formula is C15H13BrFNO. The van der Waals surface area contributed by atoms with Crippen molar-refractivity contribution in [3.63, 3.8) is 0 Å². The highest BCUT2D eigenvalue weighted by Crippen LogP contribution is 2.32. The van der Waals surface area contributed by atoms with Gasteiger partial charge in [-0.2, -0.15) is 0 Å². The van der Waals surface area contributed by atoms with Crippen LogP contribution in [0.2, 0.25) is 0 Å². The summed E-state index contributed by atoms with van der Waals surface area (Å²) in [5, 5.41) is 13.7. The van der Waals surface area contributed by atoms with Crippen LogP contribution in [0, 0.1) is 5.82 Å². The number of benzene rings is 2. The highest BCUT2D eigenvalue weighted by Gasteiger charge is 2.27. The number of fused-ring (bicyclic) bond motifs is 1. The third-order valence-electron chi connectivity index (χ3n) is 3.46. The van der Waals surface area contributed by atoms with Crippen molar-refractivity contribution in [1.82, 2.24) is 0 Å². The molecule has 0 saturated heterocycles. The van der Waals surface area contributed by atoms with Gasteiger partial charge in [0.2, 0.25) is 0 Å². The SMILES string of the molecule is OC(c1ccc(F)c(Br)c1)C1Cc2ccccc2N1. The average Bonchev–Trinajstić information content (AvgIpc) is 2.85. The lowest BCUT2D eigenvalue weighted by atomic mass is 9.99. The van der Waals surface area contributed by atoms with Crippen LogP contribution in [0.25, 0.3) is 0 Å². The van der Waals surface area contributed by atoms with E-state index in [-0.39, 0.29) is 11.9 Å². The second kappa shape index (κ2) is 4.94. The lowest BCUT2D eigenvalue weighted by molar-refractivity contribution is 0.156. The fourth-order valence-corrected chi connectivity index (χ4v) is 2.84. The summed E-state index contributed by atoms with van der Waals surface area (Å²) in [6, 6.07) is 12.6. The lowest BCUT2D eigenvalue weighted by Crippen LogP contribution is -2.24. The van der Waals surface area contributed by atoms with E-state index in [2.05, 4.69) is 27.3 Å².